The second-order valence-electron chi connectivity index (χ2n) is 5.04. The minimum atomic E-state index is 0. The molecule has 112 valence electrons. The van der Waals surface area contributed by atoms with E-state index in [0.29, 0.717) is 16.3 Å². The van der Waals surface area contributed by atoms with Gasteiger partial charge < -0.3 is 4.74 Å². The van der Waals surface area contributed by atoms with Gasteiger partial charge in [-0.2, -0.15) is 0 Å². The van der Waals surface area contributed by atoms with E-state index >= 15 is 0 Å². The molecule has 0 aliphatic rings. The van der Waals surface area contributed by atoms with E-state index in [1.165, 1.54) is 5.56 Å². The van der Waals surface area contributed by atoms with Crippen molar-refractivity contribution in [1.29, 1.82) is 0 Å². The Morgan fingerprint density at radius 2 is 1.73 bits per heavy atom. The van der Waals surface area contributed by atoms with E-state index in [9.17, 15) is 4.79 Å². The summed E-state index contributed by atoms with van der Waals surface area (Å²) in [6.07, 6.45) is 0. The molecule has 0 N–H and O–H groups in total. The van der Waals surface area contributed by atoms with E-state index in [4.69, 9.17) is 16.3 Å². The molecule has 1 atom stereocenters. The third-order valence-corrected chi connectivity index (χ3v) is 5.17. The van der Waals surface area contributed by atoms with Crippen LogP contribution in [0.25, 0.3) is 0 Å². The van der Waals surface area contributed by atoms with Crippen molar-refractivity contribution in [2.75, 3.05) is 7.11 Å². The first kappa shape index (κ1) is 19.3. The van der Waals surface area contributed by atoms with E-state index in [1.807, 2.05) is 13.8 Å². The van der Waals surface area contributed by atoms with Gasteiger partial charge in [0.25, 0.3) is 0 Å². The van der Waals surface area contributed by atoms with Gasteiger partial charge in [-0.25, -0.2) is 0 Å². The van der Waals surface area contributed by atoms with Crippen LogP contribution in [0.1, 0.15) is 27.0 Å². The molecule has 1 unspecified atom stereocenters. The molecule has 0 saturated heterocycles. The molecule has 0 aliphatic carbocycles. The normalized spacial score (nSPS) is 10.6. The van der Waals surface area contributed by atoms with Crippen molar-refractivity contribution in [3.05, 3.63) is 57.6 Å². The van der Waals surface area contributed by atoms with Crippen molar-refractivity contribution in [2.24, 2.45) is 0 Å². The Bertz CT molecular complexity index is 678. The van der Waals surface area contributed by atoms with Gasteiger partial charge >= 0.3 is 18.9 Å². The number of ether oxygens (including phenoxy) is 1. The van der Waals surface area contributed by atoms with Crippen molar-refractivity contribution in [3.63, 3.8) is 0 Å². The molecule has 0 radical (unpaired) electrons. The predicted octanol–water partition coefficient (Wildman–Crippen LogP) is 3.77. The summed E-state index contributed by atoms with van der Waals surface area (Å²) >= 11 is 6.18. The van der Waals surface area contributed by atoms with Gasteiger partial charge in [0.1, 0.15) is 5.75 Å². The van der Waals surface area contributed by atoms with Gasteiger partial charge in [-0.1, -0.05) is 35.4 Å². The van der Waals surface area contributed by atoms with Crippen LogP contribution in [-0.2, 0) is 0 Å². The zero-order valence-corrected chi connectivity index (χ0v) is 14.3. The van der Waals surface area contributed by atoms with Crippen LogP contribution < -0.4 is 10.0 Å². The molecule has 2 rings (SSSR count). The van der Waals surface area contributed by atoms with Gasteiger partial charge in [0.05, 0.1) is 17.7 Å². The molecule has 0 fully saturated rings. The van der Waals surface area contributed by atoms with E-state index < -0.39 is 0 Å². The summed E-state index contributed by atoms with van der Waals surface area (Å²) in [5.74, 6) is 0.530. The summed E-state index contributed by atoms with van der Waals surface area (Å²) in [5, 5.41) is 1.53. The monoisotopic (exact) mass is 328 g/mol. The van der Waals surface area contributed by atoms with Crippen LogP contribution in [0.4, 0.5) is 0 Å². The van der Waals surface area contributed by atoms with Crippen LogP contribution in [0, 0.1) is 20.8 Å². The fraction of sp³-hybridized carbons (Fsp3) is 0.235. The summed E-state index contributed by atoms with van der Waals surface area (Å²) < 4.78 is 5.26. The molecule has 0 saturated carbocycles. The van der Waals surface area contributed by atoms with Crippen molar-refractivity contribution < 1.29 is 9.53 Å². The number of benzene rings is 2. The van der Waals surface area contributed by atoms with Gasteiger partial charge in [0.2, 0.25) is 0 Å². The number of carbonyl (C=O) groups is 1. The number of hydrogen-bond acceptors (Lipinski definition) is 2. The summed E-state index contributed by atoms with van der Waals surface area (Å²) in [4.78, 5) is 12.7. The van der Waals surface area contributed by atoms with Crippen LogP contribution in [0.3, 0.4) is 0 Å². The summed E-state index contributed by atoms with van der Waals surface area (Å²) in [7, 11) is 1.59. The third kappa shape index (κ3) is 4.15. The SMILES string of the molecule is COc1cccc(Cl)c1C(=O)Pc1c(C)cc(C)cc1C.[LiH]. The Morgan fingerprint density at radius 3 is 2.27 bits per heavy atom. The molecule has 2 aromatic carbocycles. The van der Waals surface area contributed by atoms with Gasteiger partial charge in [-0.15, -0.1) is 0 Å². The van der Waals surface area contributed by atoms with Crippen LogP contribution in [-0.4, -0.2) is 31.5 Å². The molecule has 2 aromatic rings. The Balaban J connectivity index is 0.00000242. The summed E-state index contributed by atoms with van der Waals surface area (Å²) in [6.45, 7) is 6.14. The van der Waals surface area contributed by atoms with E-state index in [0.717, 1.165) is 16.4 Å². The molecule has 0 bridgehead atoms. The quantitative estimate of drug-likeness (QED) is 0.631. The van der Waals surface area contributed by atoms with Crippen LogP contribution >= 0.6 is 20.2 Å². The number of aryl methyl sites for hydroxylation is 3. The van der Waals surface area contributed by atoms with E-state index in [1.54, 1.807) is 25.3 Å². The molecule has 0 amide bonds. The van der Waals surface area contributed by atoms with Crippen molar-refractivity contribution in [2.45, 2.75) is 20.8 Å². The predicted molar refractivity (Wildman–Crippen MR) is 98.1 cm³/mol. The molecular formula is C17H19ClLiO2P. The average molecular weight is 329 g/mol. The van der Waals surface area contributed by atoms with Crippen molar-refractivity contribution in [1.82, 2.24) is 0 Å². The number of carbonyl (C=O) groups excluding carboxylic acids is 1. The van der Waals surface area contributed by atoms with Gasteiger partial charge in [0.15, 0.2) is 5.52 Å². The van der Waals surface area contributed by atoms with E-state index in [-0.39, 0.29) is 33.0 Å². The summed E-state index contributed by atoms with van der Waals surface area (Å²) in [6, 6.07) is 9.47. The number of rotatable bonds is 4. The summed E-state index contributed by atoms with van der Waals surface area (Å²) in [5.41, 5.74) is 3.98. The molecule has 0 heterocycles. The zero-order valence-electron chi connectivity index (χ0n) is 12.6. The Labute approximate surface area is 150 Å². The van der Waals surface area contributed by atoms with Gasteiger partial charge in [-0.3, -0.25) is 4.79 Å². The van der Waals surface area contributed by atoms with Crippen molar-refractivity contribution in [3.8, 4) is 5.75 Å². The standard InChI is InChI=1S/C17H18ClO2P.Li.H/c1-10-8-11(2)16(12(3)9-10)21-17(19)15-13(18)6-5-7-14(15)20-4;;/h5-9,21H,1-4H3;;. The Morgan fingerprint density at radius 1 is 1.14 bits per heavy atom. The van der Waals surface area contributed by atoms with Crippen molar-refractivity contribution >= 4 is 49.9 Å². The number of hydrogen-bond donors (Lipinski definition) is 0. The Hall–Kier alpha value is -0.773. The maximum absolute atomic E-state index is 12.7. The van der Waals surface area contributed by atoms with Crippen LogP contribution in [0.2, 0.25) is 5.02 Å². The fourth-order valence-corrected chi connectivity index (χ4v) is 3.93. The van der Waals surface area contributed by atoms with E-state index in [2.05, 4.69) is 19.1 Å². The first-order chi connectivity index (χ1) is 9.93. The molecule has 0 aliphatic heterocycles. The zero-order chi connectivity index (χ0) is 15.6. The second-order valence-corrected chi connectivity index (χ2v) is 6.66. The van der Waals surface area contributed by atoms with Gasteiger partial charge in [0, 0.05) is 0 Å². The minimum absolute atomic E-state index is 0. The molecule has 5 heteroatoms. The molecule has 22 heavy (non-hydrogen) atoms. The van der Waals surface area contributed by atoms with Gasteiger partial charge in [-0.05, 0) is 57.9 Å². The maximum atomic E-state index is 12.7. The fourth-order valence-electron chi connectivity index (χ4n) is 2.45. The Kier molecular flexibility index (Phi) is 7.17. The first-order valence-corrected chi connectivity index (χ1v) is 8.03. The first-order valence-electron chi connectivity index (χ1n) is 6.65. The molecular weight excluding hydrogens is 310 g/mol. The third-order valence-electron chi connectivity index (χ3n) is 3.34. The average Bonchev–Trinajstić information content (AvgIpc) is 2.42. The van der Waals surface area contributed by atoms with Crippen LogP contribution in [0.15, 0.2) is 30.3 Å². The topological polar surface area (TPSA) is 26.3 Å². The number of methoxy groups -OCH3 is 1. The van der Waals surface area contributed by atoms with Crippen LogP contribution in [0.5, 0.6) is 5.75 Å². The number of halogens is 1. The second kappa shape index (κ2) is 8.18. The molecule has 0 aromatic heterocycles. The molecule has 2 nitrogen and oxygen atoms in total. The molecule has 0 spiro atoms.